The number of nitrogens with zero attached hydrogens (tertiary/aromatic N) is 2. The lowest BCUT2D eigenvalue weighted by Gasteiger charge is -2.43. The number of nitrogens with one attached hydrogen (secondary N) is 1. The highest BCUT2D eigenvalue weighted by Gasteiger charge is 2.33. The second-order valence-corrected chi connectivity index (χ2v) is 5.23. The Morgan fingerprint density at radius 2 is 2.11 bits per heavy atom. The minimum atomic E-state index is 0. The van der Waals surface area contributed by atoms with Crippen molar-refractivity contribution in [3.8, 4) is 0 Å². The molecule has 1 N–H and O–H groups in total. The highest BCUT2D eigenvalue weighted by atomic mass is 35.5. The largest absolute Gasteiger partial charge is 0.383 e. The Kier molecular flexibility index (Phi) is 7.07. The summed E-state index contributed by atoms with van der Waals surface area (Å²) < 4.78 is 5.15. The third-order valence-corrected chi connectivity index (χ3v) is 4.10. The molecular formula is C13H26ClN3O2. The van der Waals surface area contributed by atoms with Crippen molar-refractivity contribution < 1.29 is 9.53 Å². The summed E-state index contributed by atoms with van der Waals surface area (Å²) in [7, 11) is 1.74. The number of rotatable bonds is 5. The molecule has 0 bridgehead atoms. The van der Waals surface area contributed by atoms with E-state index in [1.165, 1.54) is 0 Å². The third kappa shape index (κ3) is 4.05. The molecule has 1 atom stereocenters. The second-order valence-electron chi connectivity index (χ2n) is 5.23. The number of carbonyl (C=O) groups is 1. The van der Waals surface area contributed by atoms with E-state index in [9.17, 15) is 4.79 Å². The summed E-state index contributed by atoms with van der Waals surface area (Å²) in [6.45, 7) is 8.40. The maximum absolute atomic E-state index is 12.2. The molecule has 6 heteroatoms. The molecule has 2 heterocycles. The maximum Gasteiger partial charge on any atom is 0.228 e. The molecular weight excluding hydrogens is 266 g/mol. The zero-order valence-electron chi connectivity index (χ0n) is 11.9. The summed E-state index contributed by atoms with van der Waals surface area (Å²) in [4.78, 5) is 16.7. The summed E-state index contributed by atoms with van der Waals surface area (Å²) in [6.07, 6.45) is 1.09. The first-order valence-corrected chi connectivity index (χ1v) is 6.98. The van der Waals surface area contributed by atoms with Crippen LogP contribution >= 0.6 is 12.4 Å². The van der Waals surface area contributed by atoms with Gasteiger partial charge in [0, 0.05) is 52.4 Å². The molecule has 1 unspecified atom stereocenters. The van der Waals surface area contributed by atoms with Gasteiger partial charge < -0.3 is 15.0 Å². The Labute approximate surface area is 122 Å². The average molecular weight is 292 g/mol. The van der Waals surface area contributed by atoms with Crippen LogP contribution in [0.4, 0.5) is 0 Å². The van der Waals surface area contributed by atoms with E-state index in [0.717, 1.165) is 52.3 Å². The maximum atomic E-state index is 12.2. The van der Waals surface area contributed by atoms with Crippen molar-refractivity contribution in [1.29, 1.82) is 0 Å². The Morgan fingerprint density at radius 3 is 2.63 bits per heavy atom. The molecule has 2 fully saturated rings. The van der Waals surface area contributed by atoms with Gasteiger partial charge in [-0.3, -0.25) is 9.69 Å². The van der Waals surface area contributed by atoms with Crippen LogP contribution in [0.25, 0.3) is 0 Å². The molecule has 0 aromatic carbocycles. The van der Waals surface area contributed by atoms with E-state index in [-0.39, 0.29) is 18.3 Å². The molecule has 2 aliphatic heterocycles. The van der Waals surface area contributed by atoms with Crippen LogP contribution in [0.5, 0.6) is 0 Å². The molecule has 5 nitrogen and oxygen atoms in total. The van der Waals surface area contributed by atoms with Crippen LogP contribution in [0.2, 0.25) is 0 Å². The molecule has 0 aromatic heterocycles. The van der Waals surface area contributed by atoms with Crippen molar-refractivity contribution in [2.45, 2.75) is 19.4 Å². The van der Waals surface area contributed by atoms with Crippen molar-refractivity contribution in [2.75, 3.05) is 53.0 Å². The highest BCUT2D eigenvalue weighted by Crippen LogP contribution is 2.16. The van der Waals surface area contributed by atoms with Crippen LogP contribution in [-0.4, -0.2) is 74.7 Å². The number of hydrogen-bond acceptors (Lipinski definition) is 4. The van der Waals surface area contributed by atoms with Crippen molar-refractivity contribution in [1.82, 2.24) is 15.1 Å². The standard InChI is InChI=1S/C13H25N3O2.ClH/c1-3-12-10-16(13(17)11-8-14-9-11)5-4-15(12)6-7-18-2;/h11-12,14H,3-10H2,1-2H3;1H. The average Bonchev–Trinajstić information content (AvgIpc) is 2.34. The SMILES string of the molecule is CCC1CN(C(=O)C2CNC2)CCN1CCOC.Cl. The monoisotopic (exact) mass is 291 g/mol. The van der Waals surface area contributed by atoms with Crippen LogP contribution < -0.4 is 5.32 Å². The normalized spacial score (nSPS) is 24.7. The molecule has 1 amide bonds. The van der Waals surface area contributed by atoms with Crippen LogP contribution in [-0.2, 0) is 9.53 Å². The Bertz CT molecular complexity index is 287. The van der Waals surface area contributed by atoms with Gasteiger partial charge in [-0.2, -0.15) is 0 Å². The van der Waals surface area contributed by atoms with Gasteiger partial charge in [0.05, 0.1) is 12.5 Å². The number of hydrogen-bond donors (Lipinski definition) is 1. The van der Waals surface area contributed by atoms with Gasteiger partial charge in [0.1, 0.15) is 0 Å². The predicted octanol–water partition coefficient (Wildman–Crippen LogP) is 0.197. The first kappa shape index (κ1) is 16.7. The molecule has 0 saturated carbocycles. The summed E-state index contributed by atoms with van der Waals surface area (Å²) in [6, 6.07) is 0.492. The van der Waals surface area contributed by atoms with E-state index in [0.29, 0.717) is 11.9 Å². The van der Waals surface area contributed by atoms with Gasteiger partial charge in [0.2, 0.25) is 5.91 Å². The quantitative estimate of drug-likeness (QED) is 0.786. The first-order chi connectivity index (χ1) is 8.76. The third-order valence-electron chi connectivity index (χ3n) is 4.10. The molecule has 0 radical (unpaired) electrons. The zero-order chi connectivity index (χ0) is 13.0. The fourth-order valence-electron chi connectivity index (χ4n) is 2.70. The van der Waals surface area contributed by atoms with Crippen LogP contribution in [0.3, 0.4) is 0 Å². The highest BCUT2D eigenvalue weighted by molar-refractivity contribution is 5.85. The van der Waals surface area contributed by atoms with Crippen molar-refractivity contribution >= 4 is 18.3 Å². The Hall–Kier alpha value is -0.360. The molecule has 0 aromatic rings. The van der Waals surface area contributed by atoms with Crippen LogP contribution in [0.15, 0.2) is 0 Å². The van der Waals surface area contributed by atoms with E-state index in [4.69, 9.17) is 4.74 Å². The van der Waals surface area contributed by atoms with E-state index < -0.39 is 0 Å². The topological polar surface area (TPSA) is 44.8 Å². The smallest absolute Gasteiger partial charge is 0.228 e. The number of amides is 1. The number of piperazine rings is 1. The fraction of sp³-hybridized carbons (Fsp3) is 0.923. The molecule has 0 aliphatic carbocycles. The van der Waals surface area contributed by atoms with E-state index in [1.54, 1.807) is 7.11 Å². The van der Waals surface area contributed by atoms with Gasteiger partial charge in [0.15, 0.2) is 0 Å². The molecule has 0 spiro atoms. The molecule has 112 valence electrons. The second kappa shape index (κ2) is 8.04. The summed E-state index contributed by atoms with van der Waals surface area (Å²) in [5.41, 5.74) is 0. The fourth-order valence-corrected chi connectivity index (χ4v) is 2.70. The number of carbonyl (C=O) groups excluding carboxylic acids is 1. The number of ether oxygens (including phenoxy) is 1. The van der Waals surface area contributed by atoms with Crippen LogP contribution in [0, 0.1) is 5.92 Å². The lowest BCUT2D eigenvalue weighted by atomic mass is 10.00. The van der Waals surface area contributed by atoms with Crippen molar-refractivity contribution in [3.05, 3.63) is 0 Å². The first-order valence-electron chi connectivity index (χ1n) is 6.98. The van der Waals surface area contributed by atoms with Gasteiger partial charge in [-0.1, -0.05) is 6.92 Å². The minimum Gasteiger partial charge on any atom is -0.383 e. The van der Waals surface area contributed by atoms with Crippen molar-refractivity contribution in [2.24, 2.45) is 5.92 Å². The van der Waals surface area contributed by atoms with Gasteiger partial charge in [0.25, 0.3) is 0 Å². The molecule has 2 aliphatic rings. The van der Waals surface area contributed by atoms with Gasteiger partial charge in [-0.05, 0) is 6.42 Å². The predicted molar refractivity (Wildman–Crippen MR) is 77.7 cm³/mol. The Morgan fingerprint density at radius 1 is 1.37 bits per heavy atom. The lowest BCUT2D eigenvalue weighted by Crippen LogP contribution is -2.59. The summed E-state index contributed by atoms with van der Waals surface area (Å²) >= 11 is 0. The number of halogens is 1. The molecule has 19 heavy (non-hydrogen) atoms. The van der Waals surface area contributed by atoms with Gasteiger partial charge in [-0.25, -0.2) is 0 Å². The summed E-state index contributed by atoms with van der Waals surface area (Å²) in [5, 5.41) is 3.17. The van der Waals surface area contributed by atoms with E-state index in [1.807, 2.05) is 0 Å². The zero-order valence-corrected chi connectivity index (χ0v) is 12.7. The van der Waals surface area contributed by atoms with Gasteiger partial charge in [-0.15, -0.1) is 12.4 Å². The Balaban J connectivity index is 0.00000180. The van der Waals surface area contributed by atoms with Crippen molar-refractivity contribution in [3.63, 3.8) is 0 Å². The van der Waals surface area contributed by atoms with E-state index >= 15 is 0 Å². The van der Waals surface area contributed by atoms with E-state index in [2.05, 4.69) is 22.0 Å². The molecule has 2 rings (SSSR count). The molecule has 2 saturated heterocycles. The van der Waals surface area contributed by atoms with Crippen LogP contribution in [0.1, 0.15) is 13.3 Å². The lowest BCUT2D eigenvalue weighted by molar-refractivity contribution is -0.140. The summed E-state index contributed by atoms with van der Waals surface area (Å²) in [5.74, 6) is 0.576. The number of methoxy groups -OCH3 is 1. The van der Waals surface area contributed by atoms with Gasteiger partial charge >= 0.3 is 0 Å². The minimum absolute atomic E-state index is 0.